The fraction of sp³-hybridized carbons (Fsp3) is 0.600. The summed E-state index contributed by atoms with van der Waals surface area (Å²) in [5.41, 5.74) is 1.61. The lowest BCUT2D eigenvalue weighted by atomic mass is 9.87. The summed E-state index contributed by atoms with van der Waals surface area (Å²) in [6.45, 7) is 7.56. The van der Waals surface area contributed by atoms with E-state index in [-0.39, 0.29) is 18.0 Å². The molecule has 0 amide bonds. The number of aryl methyl sites for hydroxylation is 1. The molecule has 0 saturated carbocycles. The van der Waals surface area contributed by atoms with Gasteiger partial charge in [-0.3, -0.25) is 0 Å². The number of ether oxygens (including phenoxy) is 1. The number of hydrogen-bond acceptors (Lipinski definition) is 2. The zero-order valence-corrected chi connectivity index (χ0v) is 12.4. The van der Waals surface area contributed by atoms with Crippen LogP contribution in [0.5, 0.6) is 0 Å². The summed E-state index contributed by atoms with van der Waals surface area (Å²) >= 11 is 6.24. The van der Waals surface area contributed by atoms with Crippen LogP contribution in [0, 0.1) is 18.7 Å². The van der Waals surface area contributed by atoms with Crippen LogP contribution in [0.1, 0.15) is 37.4 Å². The molecule has 1 fully saturated rings. The maximum atomic E-state index is 13.5. The van der Waals surface area contributed by atoms with Gasteiger partial charge in [0.15, 0.2) is 0 Å². The van der Waals surface area contributed by atoms with Crippen LogP contribution < -0.4 is 5.32 Å². The molecule has 2 rings (SSSR count). The first-order valence-electron chi connectivity index (χ1n) is 6.85. The smallest absolute Gasteiger partial charge is 0.127 e. The molecule has 3 atom stereocenters. The van der Waals surface area contributed by atoms with Crippen molar-refractivity contribution in [1.29, 1.82) is 0 Å². The van der Waals surface area contributed by atoms with Crippen LogP contribution in [0.4, 0.5) is 4.39 Å². The third-order valence-electron chi connectivity index (χ3n) is 3.90. The number of halogens is 2. The van der Waals surface area contributed by atoms with Crippen molar-refractivity contribution in [3.05, 3.63) is 34.1 Å². The molecule has 0 spiro atoms. The van der Waals surface area contributed by atoms with E-state index in [1.807, 2.05) is 6.07 Å². The van der Waals surface area contributed by atoms with E-state index in [2.05, 4.69) is 19.2 Å². The molecule has 0 aromatic heterocycles. The molecular formula is C15H21ClFNO. The van der Waals surface area contributed by atoms with E-state index in [0.29, 0.717) is 16.5 Å². The third kappa shape index (κ3) is 3.10. The van der Waals surface area contributed by atoms with Gasteiger partial charge >= 0.3 is 0 Å². The van der Waals surface area contributed by atoms with Crippen molar-refractivity contribution in [3.63, 3.8) is 0 Å². The van der Waals surface area contributed by atoms with E-state index >= 15 is 0 Å². The highest BCUT2D eigenvalue weighted by molar-refractivity contribution is 6.31. The molecule has 2 nitrogen and oxygen atoms in total. The minimum Gasteiger partial charge on any atom is -0.378 e. The van der Waals surface area contributed by atoms with E-state index in [1.54, 1.807) is 6.92 Å². The minimum absolute atomic E-state index is 0.120. The molecule has 0 bridgehead atoms. The summed E-state index contributed by atoms with van der Waals surface area (Å²) in [5, 5.41) is 3.97. The van der Waals surface area contributed by atoms with Crippen molar-refractivity contribution in [2.75, 3.05) is 13.2 Å². The van der Waals surface area contributed by atoms with Crippen molar-refractivity contribution < 1.29 is 9.13 Å². The average Bonchev–Trinajstić information content (AvgIpc) is 2.77. The van der Waals surface area contributed by atoms with Crippen LogP contribution in [-0.4, -0.2) is 19.3 Å². The van der Waals surface area contributed by atoms with Gasteiger partial charge in [0.25, 0.3) is 0 Å². The Kier molecular flexibility index (Phi) is 4.82. The molecule has 1 heterocycles. The Morgan fingerprint density at radius 1 is 1.53 bits per heavy atom. The van der Waals surface area contributed by atoms with Gasteiger partial charge in [0.05, 0.1) is 6.10 Å². The summed E-state index contributed by atoms with van der Waals surface area (Å²) in [4.78, 5) is 0. The quantitative estimate of drug-likeness (QED) is 0.907. The van der Waals surface area contributed by atoms with Gasteiger partial charge in [-0.1, -0.05) is 24.6 Å². The Balaban J connectivity index is 2.35. The third-order valence-corrected chi connectivity index (χ3v) is 4.23. The van der Waals surface area contributed by atoms with Crippen molar-refractivity contribution in [1.82, 2.24) is 5.32 Å². The second-order valence-electron chi connectivity index (χ2n) is 5.19. The molecule has 1 saturated heterocycles. The van der Waals surface area contributed by atoms with E-state index in [0.717, 1.165) is 25.1 Å². The number of nitrogens with one attached hydrogen (secondary N) is 1. The van der Waals surface area contributed by atoms with Crippen molar-refractivity contribution in [2.45, 2.75) is 39.3 Å². The van der Waals surface area contributed by atoms with Crippen LogP contribution in [0.15, 0.2) is 12.1 Å². The molecule has 19 heavy (non-hydrogen) atoms. The van der Waals surface area contributed by atoms with Crippen LogP contribution >= 0.6 is 11.6 Å². The predicted octanol–water partition coefficient (Wildman–Crippen LogP) is 3.86. The first kappa shape index (κ1) is 14.8. The van der Waals surface area contributed by atoms with Crippen LogP contribution in [0.3, 0.4) is 0 Å². The zero-order valence-electron chi connectivity index (χ0n) is 11.7. The van der Waals surface area contributed by atoms with E-state index in [4.69, 9.17) is 16.3 Å². The SMILES string of the molecule is CCNC(c1cc(C)c(F)cc1Cl)C1CCOC1C. The predicted molar refractivity (Wildman–Crippen MR) is 76.1 cm³/mol. The second-order valence-corrected chi connectivity index (χ2v) is 5.59. The van der Waals surface area contributed by atoms with E-state index in [9.17, 15) is 4.39 Å². The monoisotopic (exact) mass is 285 g/mol. The largest absolute Gasteiger partial charge is 0.378 e. The highest BCUT2D eigenvalue weighted by Gasteiger charge is 2.33. The van der Waals surface area contributed by atoms with Crippen LogP contribution in [-0.2, 0) is 4.74 Å². The maximum Gasteiger partial charge on any atom is 0.127 e. The van der Waals surface area contributed by atoms with Crippen molar-refractivity contribution >= 4 is 11.6 Å². The zero-order chi connectivity index (χ0) is 14.0. The van der Waals surface area contributed by atoms with Crippen molar-refractivity contribution in [2.24, 2.45) is 5.92 Å². The maximum absolute atomic E-state index is 13.5. The van der Waals surface area contributed by atoms with Gasteiger partial charge in [0, 0.05) is 23.6 Å². The summed E-state index contributed by atoms with van der Waals surface area (Å²) in [6, 6.07) is 3.39. The molecule has 0 aliphatic carbocycles. The fourth-order valence-electron chi connectivity index (χ4n) is 2.82. The molecule has 1 aliphatic heterocycles. The molecule has 106 valence electrons. The normalized spacial score (nSPS) is 24.7. The standard InChI is InChI=1S/C15H21ClFNO/c1-4-18-15(11-5-6-19-10(11)3)12-7-9(2)14(17)8-13(12)16/h7-8,10-11,15,18H,4-6H2,1-3H3. The summed E-state index contributed by atoms with van der Waals surface area (Å²) < 4.78 is 19.2. The molecular weight excluding hydrogens is 265 g/mol. The van der Waals surface area contributed by atoms with Crippen molar-refractivity contribution in [3.8, 4) is 0 Å². The highest BCUT2D eigenvalue weighted by atomic mass is 35.5. The van der Waals surface area contributed by atoms with E-state index in [1.165, 1.54) is 6.07 Å². The van der Waals surface area contributed by atoms with Gasteiger partial charge in [-0.2, -0.15) is 0 Å². The fourth-order valence-corrected chi connectivity index (χ4v) is 3.08. The van der Waals surface area contributed by atoms with Gasteiger partial charge in [-0.05, 0) is 44.0 Å². The van der Waals surface area contributed by atoms with Gasteiger partial charge in [-0.15, -0.1) is 0 Å². The highest BCUT2D eigenvalue weighted by Crippen LogP contribution is 2.37. The van der Waals surface area contributed by atoms with Crippen LogP contribution in [0.25, 0.3) is 0 Å². The summed E-state index contributed by atoms with van der Waals surface area (Å²) in [5.74, 6) is 0.127. The Bertz CT molecular complexity index is 452. The Morgan fingerprint density at radius 3 is 2.84 bits per heavy atom. The molecule has 3 unspecified atom stereocenters. The first-order valence-corrected chi connectivity index (χ1v) is 7.23. The van der Waals surface area contributed by atoms with Gasteiger partial charge < -0.3 is 10.1 Å². The molecule has 1 aromatic carbocycles. The second kappa shape index (κ2) is 6.21. The van der Waals surface area contributed by atoms with Crippen LogP contribution in [0.2, 0.25) is 5.02 Å². The topological polar surface area (TPSA) is 21.3 Å². The summed E-state index contributed by atoms with van der Waals surface area (Å²) in [6.07, 6.45) is 1.21. The minimum atomic E-state index is -0.250. The average molecular weight is 286 g/mol. The van der Waals surface area contributed by atoms with Gasteiger partial charge in [0.1, 0.15) is 5.82 Å². The Hall–Kier alpha value is -0.640. The Morgan fingerprint density at radius 2 is 2.26 bits per heavy atom. The number of rotatable bonds is 4. The first-order chi connectivity index (χ1) is 9.04. The number of benzene rings is 1. The lowest BCUT2D eigenvalue weighted by Gasteiger charge is -2.28. The molecule has 4 heteroatoms. The molecule has 1 N–H and O–H groups in total. The summed E-state index contributed by atoms with van der Waals surface area (Å²) in [7, 11) is 0. The molecule has 1 aliphatic rings. The Labute approximate surface area is 119 Å². The molecule has 1 aromatic rings. The number of hydrogen-bond donors (Lipinski definition) is 1. The van der Waals surface area contributed by atoms with Gasteiger partial charge in [0.2, 0.25) is 0 Å². The van der Waals surface area contributed by atoms with Gasteiger partial charge in [-0.25, -0.2) is 4.39 Å². The lowest BCUT2D eigenvalue weighted by Crippen LogP contribution is -2.32. The lowest BCUT2D eigenvalue weighted by molar-refractivity contribution is 0.0956. The molecule has 0 radical (unpaired) electrons. The van der Waals surface area contributed by atoms with E-state index < -0.39 is 0 Å².